The number of aliphatic hydroxyl groups is 1. The number of benzene rings is 1. The maximum Gasteiger partial charge on any atom is 0.165 e. The molecule has 2 atom stereocenters. The molecule has 1 aromatic carbocycles. The van der Waals surface area contributed by atoms with E-state index in [4.69, 9.17) is 4.74 Å². The summed E-state index contributed by atoms with van der Waals surface area (Å²) in [6.45, 7) is 0. The first-order chi connectivity index (χ1) is 7.15. The highest BCUT2D eigenvalue weighted by Crippen LogP contribution is 2.26. The van der Waals surface area contributed by atoms with Gasteiger partial charge < -0.3 is 9.84 Å². The summed E-state index contributed by atoms with van der Waals surface area (Å²) in [4.78, 5) is 0. The van der Waals surface area contributed by atoms with Crippen LogP contribution >= 0.6 is 0 Å². The minimum Gasteiger partial charge on any atom is -0.487 e. The van der Waals surface area contributed by atoms with Gasteiger partial charge >= 0.3 is 0 Å². The Morgan fingerprint density at radius 2 is 2.07 bits per heavy atom. The molecule has 2 rings (SSSR count). The summed E-state index contributed by atoms with van der Waals surface area (Å²) in [5, 5.41) is 9.25. The smallest absolute Gasteiger partial charge is 0.165 e. The molecule has 1 aliphatic rings. The largest absolute Gasteiger partial charge is 0.487 e. The van der Waals surface area contributed by atoms with Crippen LogP contribution in [0.25, 0.3) is 0 Å². The van der Waals surface area contributed by atoms with Crippen molar-refractivity contribution in [3.05, 3.63) is 29.8 Å². The van der Waals surface area contributed by atoms with Crippen molar-refractivity contribution in [2.45, 2.75) is 31.5 Å². The van der Waals surface area contributed by atoms with E-state index < -0.39 is 11.6 Å². The van der Waals surface area contributed by atoms with Gasteiger partial charge in [-0.15, -0.1) is 0 Å². The summed E-state index contributed by atoms with van der Waals surface area (Å²) in [7, 11) is 0. The van der Waals surface area contributed by atoms with Gasteiger partial charge in [0.05, 0.1) is 6.10 Å². The van der Waals surface area contributed by atoms with Gasteiger partial charge in [-0.25, -0.2) is 8.78 Å². The maximum absolute atomic E-state index is 13.2. The number of aliphatic hydroxyl groups excluding tert-OH is 1. The summed E-state index contributed by atoms with van der Waals surface area (Å²) in [6.07, 6.45) is 1.22. The first-order valence-electron chi connectivity index (χ1n) is 4.95. The molecule has 15 heavy (non-hydrogen) atoms. The zero-order valence-electron chi connectivity index (χ0n) is 8.12. The van der Waals surface area contributed by atoms with E-state index in [1.165, 1.54) is 0 Å². The van der Waals surface area contributed by atoms with Crippen LogP contribution in [0, 0.1) is 11.6 Å². The van der Waals surface area contributed by atoms with Gasteiger partial charge in [0.1, 0.15) is 11.9 Å². The van der Waals surface area contributed by atoms with E-state index in [1.807, 2.05) is 0 Å². The fraction of sp³-hybridized carbons (Fsp3) is 0.455. The van der Waals surface area contributed by atoms with Crippen LogP contribution in [0.2, 0.25) is 0 Å². The fourth-order valence-electron chi connectivity index (χ4n) is 1.77. The summed E-state index contributed by atoms with van der Waals surface area (Å²) in [5.74, 6) is -1.17. The average molecular weight is 214 g/mol. The van der Waals surface area contributed by atoms with Gasteiger partial charge in [-0.1, -0.05) is 0 Å². The van der Waals surface area contributed by atoms with E-state index in [-0.39, 0.29) is 18.0 Å². The van der Waals surface area contributed by atoms with Crippen molar-refractivity contribution in [2.75, 3.05) is 0 Å². The quantitative estimate of drug-likeness (QED) is 0.818. The van der Waals surface area contributed by atoms with Crippen LogP contribution in [0.15, 0.2) is 18.2 Å². The van der Waals surface area contributed by atoms with Gasteiger partial charge in [-0.3, -0.25) is 0 Å². The molecule has 0 bridgehead atoms. The molecule has 0 aromatic heterocycles. The lowest BCUT2D eigenvalue weighted by Gasteiger charge is -2.13. The Kier molecular flexibility index (Phi) is 2.86. The van der Waals surface area contributed by atoms with Crippen molar-refractivity contribution in [2.24, 2.45) is 0 Å². The highest BCUT2D eigenvalue weighted by molar-refractivity contribution is 5.25. The van der Waals surface area contributed by atoms with Crippen molar-refractivity contribution in [3.63, 3.8) is 0 Å². The predicted octanol–water partition coefficient (Wildman–Crippen LogP) is 2.26. The molecule has 0 saturated heterocycles. The third kappa shape index (κ3) is 2.45. The summed E-state index contributed by atoms with van der Waals surface area (Å²) < 4.78 is 31.3. The second-order valence-electron chi connectivity index (χ2n) is 3.78. The number of rotatable bonds is 2. The second kappa shape index (κ2) is 4.14. The first-order valence-corrected chi connectivity index (χ1v) is 4.95. The Hall–Kier alpha value is -1.16. The predicted molar refractivity (Wildman–Crippen MR) is 50.6 cm³/mol. The van der Waals surface area contributed by atoms with Crippen molar-refractivity contribution in [1.82, 2.24) is 0 Å². The Labute approximate surface area is 86.5 Å². The molecule has 1 saturated carbocycles. The zero-order valence-corrected chi connectivity index (χ0v) is 8.12. The van der Waals surface area contributed by atoms with E-state index in [0.717, 1.165) is 18.2 Å². The summed E-state index contributed by atoms with van der Waals surface area (Å²) in [6, 6.07) is 3.11. The normalized spacial score (nSPS) is 25.5. The molecule has 0 heterocycles. The maximum atomic E-state index is 13.2. The van der Waals surface area contributed by atoms with Crippen LogP contribution in [0.5, 0.6) is 5.75 Å². The highest BCUT2D eigenvalue weighted by Gasteiger charge is 2.25. The van der Waals surface area contributed by atoms with Gasteiger partial charge in [0, 0.05) is 12.5 Å². The van der Waals surface area contributed by atoms with Crippen molar-refractivity contribution >= 4 is 0 Å². The van der Waals surface area contributed by atoms with Crippen molar-refractivity contribution in [1.29, 1.82) is 0 Å². The molecular formula is C11H12F2O2. The molecule has 1 aliphatic carbocycles. The molecule has 0 spiro atoms. The van der Waals surface area contributed by atoms with Crippen LogP contribution < -0.4 is 4.74 Å². The topological polar surface area (TPSA) is 29.5 Å². The first kappa shape index (κ1) is 10.4. The Morgan fingerprint density at radius 3 is 2.73 bits per heavy atom. The molecular weight excluding hydrogens is 202 g/mol. The average Bonchev–Trinajstić information content (AvgIpc) is 2.58. The lowest BCUT2D eigenvalue weighted by molar-refractivity contribution is 0.146. The molecule has 2 nitrogen and oxygen atoms in total. The fourth-order valence-corrected chi connectivity index (χ4v) is 1.77. The van der Waals surface area contributed by atoms with Gasteiger partial charge in [0.2, 0.25) is 0 Å². The molecule has 0 amide bonds. The monoisotopic (exact) mass is 214 g/mol. The lowest BCUT2D eigenvalue weighted by atomic mass is 10.3. The molecule has 0 radical (unpaired) electrons. The van der Waals surface area contributed by atoms with Crippen LogP contribution in [-0.2, 0) is 0 Å². The van der Waals surface area contributed by atoms with E-state index in [9.17, 15) is 13.9 Å². The Balaban J connectivity index is 2.07. The molecule has 1 N–H and O–H groups in total. The third-order valence-electron chi connectivity index (χ3n) is 2.54. The van der Waals surface area contributed by atoms with Crippen molar-refractivity contribution < 1.29 is 18.6 Å². The number of hydrogen-bond acceptors (Lipinski definition) is 2. The number of ether oxygens (including phenoxy) is 1. The molecule has 82 valence electrons. The van der Waals surface area contributed by atoms with Gasteiger partial charge in [0.25, 0.3) is 0 Å². The minimum atomic E-state index is -0.571. The van der Waals surface area contributed by atoms with Gasteiger partial charge in [-0.2, -0.15) is 0 Å². The standard InChI is InChI=1S/C11H12F2O2/c12-7-1-4-10(13)11(5-7)15-9-3-2-8(14)6-9/h1,4-5,8-9,14H,2-3,6H2. The molecule has 1 aromatic rings. The Bertz CT molecular complexity index is 354. The minimum absolute atomic E-state index is 0.0749. The van der Waals surface area contributed by atoms with E-state index in [2.05, 4.69) is 0 Å². The van der Waals surface area contributed by atoms with Crippen LogP contribution in [0.1, 0.15) is 19.3 Å². The molecule has 1 fully saturated rings. The number of halogens is 2. The van der Waals surface area contributed by atoms with E-state index in [1.54, 1.807) is 0 Å². The summed E-state index contributed by atoms with van der Waals surface area (Å²) in [5.41, 5.74) is 0. The molecule has 4 heteroatoms. The van der Waals surface area contributed by atoms with Crippen molar-refractivity contribution in [3.8, 4) is 5.75 Å². The van der Waals surface area contributed by atoms with Gasteiger partial charge in [-0.05, 0) is 25.0 Å². The van der Waals surface area contributed by atoms with Crippen LogP contribution in [0.3, 0.4) is 0 Å². The molecule has 0 aliphatic heterocycles. The second-order valence-corrected chi connectivity index (χ2v) is 3.78. The lowest BCUT2D eigenvalue weighted by Crippen LogP contribution is -2.14. The van der Waals surface area contributed by atoms with E-state index in [0.29, 0.717) is 19.3 Å². The van der Waals surface area contributed by atoms with Crippen LogP contribution in [-0.4, -0.2) is 17.3 Å². The highest BCUT2D eigenvalue weighted by atomic mass is 19.1. The SMILES string of the molecule is OC1CCC(Oc2cc(F)ccc2F)C1. The number of hydrogen-bond donors (Lipinski definition) is 1. The van der Waals surface area contributed by atoms with Gasteiger partial charge in [0.15, 0.2) is 11.6 Å². The van der Waals surface area contributed by atoms with Crippen LogP contribution in [0.4, 0.5) is 8.78 Å². The third-order valence-corrected chi connectivity index (χ3v) is 2.54. The molecule has 2 unspecified atom stereocenters. The Morgan fingerprint density at radius 1 is 1.27 bits per heavy atom. The zero-order chi connectivity index (χ0) is 10.8. The summed E-state index contributed by atoms with van der Waals surface area (Å²) >= 11 is 0. The van der Waals surface area contributed by atoms with E-state index >= 15 is 0 Å².